The SMILES string of the molecule is CCOc1cccnc1N1CCC(N)CC1C. The molecular weight excluding hydrogens is 214 g/mol. The summed E-state index contributed by atoms with van der Waals surface area (Å²) in [5.41, 5.74) is 5.98. The third-order valence-electron chi connectivity index (χ3n) is 3.24. The van der Waals surface area contributed by atoms with E-state index in [0.29, 0.717) is 18.7 Å². The van der Waals surface area contributed by atoms with E-state index < -0.39 is 0 Å². The maximum Gasteiger partial charge on any atom is 0.171 e. The van der Waals surface area contributed by atoms with Crippen LogP contribution >= 0.6 is 0 Å². The lowest BCUT2D eigenvalue weighted by atomic mass is 9.99. The monoisotopic (exact) mass is 235 g/mol. The van der Waals surface area contributed by atoms with Crippen LogP contribution in [0, 0.1) is 0 Å². The maximum atomic E-state index is 5.98. The van der Waals surface area contributed by atoms with E-state index in [1.54, 1.807) is 0 Å². The molecule has 0 spiro atoms. The number of nitrogens with zero attached hydrogens (tertiary/aromatic N) is 2. The van der Waals surface area contributed by atoms with Crippen LogP contribution in [0.4, 0.5) is 5.82 Å². The van der Waals surface area contributed by atoms with E-state index in [0.717, 1.165) is 31.0 Å². The fourth-order valence-electron chi connectivity index (χ4n) is 2.39. The number of aromatic nitrogens is 1. The Bertz CT molecular complexity index is 369. The Morgan fingerprint density at radius 3 is 3.12 bits per heavy atom. The van der Waals surface area contributed by atoms with Gasteiger partial charge in [-0.15, -0.1) is 0 Å². The molecule has 1 aromatic heterocycles. The highest BCUT2D eigenvalue weighted by molar-refractivity contribution is 5.53. The van der Waals surface area contributed by atoms with Crippen LogP contribution in [0.2, 0.25) is 0 Å². The van der Waals surface area contributed by atoms with Crippen molar-refractivity contribution in [3.8, 4) is 5.75 Å². The van der Waals surface area contributed by atoms with Gasteiger partial charge >= 0.3 is 0 Å². The Morgan fingerprint density at radius 1 is 1.59 bits per heavy atom. The van der Waals surface area contributed by atoms with Gasteiger partial charge in [0.25, 0.3) is 0 Å². The molecular formula is C13H21N3O. The van der Waals surface area contributed by atoms with E-state index >= 15 is 0 Å². The molecule has 1 aromatic rings. The Kier molecular flexibility index (Phi) is 3.84. The van der Waals surface area contributed by atoms with E-state index in [-0.39, 0.29) is 0 Å². The highest BCUT2D eigenvalue weighted by Crippen LogP contribution is 2.30. The van der Waals surface area contributed by atoms with Crippen molar-refractivity contribution in [3.63, 3.8) is 0 Å². The van der Waals surface area contributed by atoms with Crippen LogP contribution in [-0.2, 0) is 0 Å². The molecule has 0 amide bonds. The second-order valence-electron chi connectivity index (χ2n) is 4.59. The smallest absolute Gasteiger partial charge is 0.171 e. The number of hydrogen-bond donors (Lipinski definition) is 1. The first-order valence-corrected chi connectivity index (χ1v) is 6.32. The van der Waals surface area contributed by atoms with Gasteiger partial charge in [-0.3, -0.25) is 0 Å². The summed E-state index contributed by atoms with van der Waals surface area (Å²) in [5, 5.41) is 0. The van der Waals surface area contributed by atoms with Crippen LogP contribution in [0.1, 0.15) is 26.7 Å². The molecule has 0 radical (unpaired) electrons. The van der Waals surface area contributed by atoms with Gasteiger partial charge in [0.2, 0.25) is 0 Å². The molecule has 0 aromatic carbocycles. The van der Waals surface area contributed by atoms with Crippen LogP contribution in [0.15, 0.2) is 18.3 Å². The number of ether oxygens (including phenoxy) is 1. The number of pyridine rings is 1. The highest BCUT2D eigenvalue weighted by Gasteiger charge is 2.26. The Morgan fingerprint density at radius 2 is 2.41 bits per heavy atom. The van der Waals surface area contributed by atoms with E-state index in [9.17, 15) is 0 Å². The Balaban J connectivity index is 2.21. The summed E-state index contributed by atoms with van der Waals surface area (Å²) < 4.78 is 5.63. The molecule has 1 saturated heterocycles. The molecule has 17 heavy (non-hydrogen) atoms. The van der Waals surface area contributed by atoms with E-state index in [4.69, 9.17) is 10.5 Å². The summed E-state index contributed by atoms with van der Waals surface area (Å²) in [6, 6.07) is 4.63. The zero-order chi connectivity index (χ0) is 12.3. The first kappa shape index (κ1) is 12.2. The van der Waals surface area contributed by atoms with Gasteiger partial charge in [-0.05, 0) is 38.8 Å². The number of rotatable bonds is 3. The van der Waals surface area contributed by atoms with E-state index in [2.05, 4.69) is 16.8 Å². The summed E-state index contributed by atoms with van der Waals surface area (Å²) in [6.45, 7) is 5.82. The van der Waals surface area contributed by atoms with Crippen molar-refractivity contribution in [2.24, 2.45) is 5.73 Å². The van der Waals surface area contributed by atoms with Gasteiger partial charge in [-0.25, -0.2) is 4.98 Å². The van der Waals surface area contributed by atoms with Gasteiger partial charge in [0, 0.05) is 24.8 Å². The molecule has 0 aliphatic carbocycles. The predicted molar refractivity (Wildman–Crippen MR) is 69.4 cm³/mol. The quantitative estimate of drug-likeness (QED) is 0.868. The summed E-state index contributed by atoms with van der Waals surface area (Å²) in [5.74, 6) is 1.83. The second-order valence-corrected chi connectivity index (χ2v) is 4.59. The summed E-state index contributed by atoms with van der Waals surface area (Å²) >= 11 is 0. The number of hydrogen-bond acceptors (Lipinski definition) is 4. The topological polar surface area (TPSA) is 51.4 Å². The van der Waals surface area contributed by atoms with Crippen LogP contribution in [0.25, 0.3) is 0 Å². The summed E-state index contributed by atoms with van der Waals surface area (Å²) in [7, 11) is 0. The Labute approximate surface area is 103 Å². The minimum absolute atomic E-state index is 0.320. The van der Waals surface area contributed by atoms with Crippen molar-refractivity contribution in [1.29, 1.82) is 0 Å². The van der Waals surface area contributed by atoms with E-state index in [1.165, 1.54) is 0 Å². The molecule has 0 saturated carbocycles. The zero-order valence-electron chi connectivity index (χ0n) is 10.6. The van der Waals surface area contributed by atoms with Crippen molar-refractivity contribution in [2.45, 2.75) is 38.8 Å². The minimum atomic E-state index is 0.320. The first-order valence-electron chi connectivity index (χ1n) is 6.32. The number of nitrogens with two attached hydrogens (primary N) is 1. The molecule has 94 valence electrons. The fraction of sp³-hybridized carbons (Fsp3) is 0.615. The third-order valence-corrected chi connectivity index (χ3v) is 3.24. The van der Waals surface area contributed by atoms with Crippen LogP contribution in [0.3, 0.4) is 0 Å². The molecule has 0 bridgehead atoms. The lowest BCUT2D eigenvalue weighted by Gasteiger charge is -2.37. The van der Waals surface area contributed by atoms with Crippen LogP contribution < -0.4 is 15.4 Å². The summed E-state index contributed by atoms with van der Waals surface area (Å²) in [4.78, 5) is 6.76. The normalized spacial score (nSPS) is 24.8. The molecule has 4 heteroatoms. The maximum absolute atomic E-state index is 5.98. The predicted octanol–water partition coefficient (Wildman–Crippen LogP) is 1.80. The van der Waals surface area contributed by atoms with Crippen LogP contribution in [-0.4, -0.2) is 30.2 Å². The molecule has 2 unspecified atom stereocenters. The molecule has 2 N–H and O–H groups in total. The molecule has 2 atom stereocenters. The van der Waals surface area contributed by atoms with Crippen molar-refractivity contribution in [2.75, 3.05) is 18.1 Å². The fourth-order valence-corrected chi connectivity index (χ4v) is 2.39. The van der Waals surface area contributed by atoms with Gasteiger partial charge in [-0.2, -0.15) is 0 Å². The molecule has 4 nitrogen and oxygen atoms in total. The molecule has 1 aliphatic heterocycles. The second kappa shape index (κ2) is 5.36. The zero-order valence-corrected chi connectivity index (χ0v) is 10.6. The third kappa shape index (κ3) is 2.69. The van der Waals surface area contributed by atoms with Gasteiger partial charge in [0.15, 0.2) is 11.6 Å². The lowest BCUT2D eigenvalue weighted by molar-refractivity contribution is 0.335. The standard InChI is InChI=1S/C13H21N3O/c1-3-17-12-5-4-7-15-13(12)16-8-6-11(14)9-10(16)2/h4-5,7,10-11H,3,6,8-9,14H2,1-2H3. The first-order chi connectivity index (χ1) is 8.22. The highest BCUT2D eigenvalue weighted by atomic mass is 16.5. The van der Waals surface area contributed by atoms with Crippen molar-refractivity contribution in [3.05, 3.63) is 18.3 Å². The van der Waals surface area contributed by atoms with Crippen LogP contribution in [0.5, 0.6) is 5.75 Å². The van der Waals surface area contributed by atoms with Gasteiger partial charge < -0.3 is 15.4 Å². The number of anilines is 1. The molecule has 2 heterocycles. The van der Waals surface area contributed by atoms with Crippen molar-refractivity contribution >= 4 is 5.82 Å². The lowest BCUT2D eigenvalue weighted by Crippen LogP contribution is -2.46. The largest absolute Gasteiger partial charge is 0.490 e. The van der Waals surface area contributed by atoms with E-state index in [1.807, 2.05) is 25.3 Å². The Hall–Kier alpha value is -1.29. The average molecular weight is 235 g/mol. The van der Waals surface area contributed by atoms with Gasteiger partial charge in [-0.1, -0.05) is 0 Å². The van der Waals surface area contributed by atoms with Crippen molar-refractivity contribution < 1.29 is 4.74 Å². The van der Waals surface area contributed by atoms with Gasteiger partial charge in [0.1, 0.15) is 0 Å². The summed E-state index contributed by atoms with van der Waals surface area (Å²) in [6.07, 6.45) is 3.85. The van der Waals surface area contributed by atoms with Crippen molar-refractivity contribution in [1.82, 2.24) is 4.98 Å². The molecule has 1 aliphatic rings. The molecule has 2 rings (SSSR count). The van der Waals surface area contributed by atoms with Gasteiger partial charge in [0.05, 0.1) is 6.61 Å². The average Bonchev–Trinajstić information content (AvgIpc) is 2.31. The number of piperidine rings is 1. The minimum Gasteiger partial charge on any atom is -0.490 e. The molecule has 1 fully saturated rings.